The van der Waals surface area contributed by atoms with Gasteiger partial charge in [0, 0.05) is 49.4 Å². The van der Waals surface area contributed by atoms with Crippen molar-refractivity contribution in [3.63, 3.8) is 0 Å². The molecule has 1 saturated heterocycles. The van der Waals surface area contributed by atoms with Crippen LogP contribution in [-0.4, -0.2) is 106 Å². The van der Waals surface area contributed by atoms with Crippen molar-refractivity contribution in [2.45, 2.75) is 64.5 Å². The van der Waals surface area contributed by atoms with Crippen molar-refractivity contribution in [3.05, 3.63) is 24.3 Å². The third-order valence-corrected chi connectivity index (χ3v) is 8.66. The Labute approximate surface area is 238 Å². The minimum absolute atomic E-state index is 0.00340. The summed E-state index contributed by atoms with van der Waals surface area (Å²) in [5.74, 6) is -4.25. The molecule has 2 N–H and O–H groups in total. The Morgan fingerprint density at radius 3 is 2.00 bits per heavy atom. The van der Waals surface area contributed by atoms with E-state index in [-0.39, 0.29) is 39.1 Å². The third kappa shape index (κ3) is 5.22. The van der Waals surface area contributed by atoms with Gasteiger partial charge in [-0.05, 0) is 31.1 Å². The topological polar surface area (TPSA) is 163 Å². The highest BCUT2D eigenvalue weighted by molar-refractivity contribution is 6.16. The van der Waals surface area contributed by atoms with E-state index in [0.717, 1.165) is 34.8 Å². The Morgan fingerprint density at radius 2 is 1.44 bits per heavy atom. The molecular weight excluding hydrogens is 536 g/mol. The van der Waals surface area contributed by atoms with Crippen molar-refractivity contribution >= 4 is 35.5 Å². The number of amides is 5. The van der Waals surface area contributed by atoms with E-state index in [1.165, 1.54) is 12.2 Å². The van der Waals surface area contributed by atoms with Gasteiger partial charge in [0.05, 0.1) is 19.8 Å². The summed E-state index contributed by atoms with van der Waals surface area (Å²) in [6.07, 6.45) is 6.22. The molecule has 13 nitrogen and oxygen atoms in total. The zero-order valence-electron chi connectivity index (χ0n) is 23.9. The second-order valence-electron chi connectivity index (χ2n) is 12.2. The minimum atomic E-state index is -1.95. The molecule has 13 heteroatoms. The first-order valence-electron chi connectivity index (χ1n) is 13.8. The normalized spacial score (nSPS) is 29.2. The van der Waals surface area contributed by atoms with Gasteiger partial charge in [0.25, 0.3) is 23.6 Å². The standard InChI is InChI=1S/C28H38N4O9/c1-25(2)17-27(32-21(35)9-10-22(32)36,23(37)29-11-15-40-16-14-31-19(33)7-8-20(31)34)26(3,4)28(18-25,24(38)39)41-30-12-5-6-13-30/h7-10H,5-6,11-18H2,1-4H3,(H,29,37)(H,38,39). The Balaban J connectivity index is 1.61. The van der Waals surface area contributed by atoms with Crippen LogP contribution < -0.4 is 5.32 Å². The maximum atomic E-state index is 14.3. The SMILES string of the molecule is CC1(C)CC(ON2CCCC2)(C(=O)O)C(C)(C)C(C(=O)NCCOCCN2C(=O)C=CC2=O)(N2C(=O)C=CC2=O)C1. The molecule has 4 rings (SSSR count). The summed E-state index contributed by atoms with van der Waals surface area (Å²) in [5.41, 5.74) is -6.30. The second kappa shape index (κ2) is 11.1. The quantitative estimate of drug-likeness (QED) is 0.261. The van der Waals surface area contributed by atoms with Gasteiger partial charge in [0.2, 0.25) is 5.91 Å². The predicted octanol–water partition coefficient (Wildman–Crippen LogP) is 0.405. The summed E-state index contributed by atoms with van der Waals surface area (Å²) in [7, 11) is 0. The van der Waals surface area contributed by atoms with Crippen molar-refractivity contribution in [2.24, 2.45) is 10.8 Å². The summed E-state index contributed by atoms with van der Waals surface area (Å²) in [6.45, 7) is 7.83. The fourth-order valence-electron chi connectivity index (χ4n) is 6.63. The number of carboxylic acids is 1. The first kappa shape index (κ1) is 30.5. The molecule has 0 bridgehead atoms. The van der Waals surface area contributed by atoms with E-state index in [9.17, 15) is 33.9 Å². The Kier molecular flexibility index (Phi) is 8.27. The van der Waals surface area contributed by atoms with Crippen LogP contribution in [0.15, 0.2) is 24.3 Å². The van der Waals surface area contributed by atoms with Gasteiger partial charge in [0.1, 0.15) is 5.54 Å². The van der Waals surface area contributed by atoms with Crippen LogP contribution in [0.4, 0.5) is 0 Å². The molecule has 224 valence electrons. The lowest BCUT2D eigenvalue weighted by molar-refractivity contribution is -0.307. The molecule has 3 aliphatic heterocycles. The highest BCUT2D eigenvalue weighted by Gasteiger charge is 2.75. The molecule has 4 aliphatic rings. The third-order valence-electron chi connectivity index (χ3n) is 8.66. The lowest BCUT2D eigenvalue weighted by Gasteiger charge is -2.63. The summed E-state index contributed by atoms with van der Waals surface area (Å²) >= 11 is 0. The van der Waals surface area contributed by atoms with E-state index in [4.69, 9.17) is 9.57 Å². The molecule has 3 heterocycles. The number of rotatable bonds is 11. The van der Waals surface area contributed by atoms with E-state index < -0.39 is 57.5 Å². The molecule has 0 aromatic carbocycles. The van der Waals surface area contributed by atoms with Gasteiger partial charge in [0.15, 0.2) is 5.60 Å². The monoisotopic (exact) mass is 574 g/mol. The molecule has 0 aromatic rings. The summed E-state index contributed by atoms with van der Waals surface area (Å²) < 4.78 is 5.52. The summed E-state index contributed by atoms with van der Waals surface area (Å²) in [5, 5.41) is 15.1. The zero-order valence-corrected chi connectivity index (χ0v) is 23.9. The molecule has 5 amide bonds. The Bertz CT molecular complexity index is 1170. The van der Waals surface area contributed by atoms with Crippen LogP contribution in [0.3, 0.4) is 0 Å². The number of carbonyl (C=O) groups is 6. The van der Waals surface area contributed by atoms with Gasteiger partial charge < -0.3 is 15.2 Å². The van der Waals surface area contributed by atoms with Crippen LogP contribution in [0, 0.1) is 10.8 Å². The summed E-state index contributed by atoms with van der Waals surface area (Å²) in [4.78, 5) is 85.4. The van der Waals surface area contributed by atoms with Crippen molar-refractivity contribution < 1.29 is 43.4 Å². The molecule has 0 spiro atoms. The minimum Gasteiger partial charge on any atom is -0.479 e. The molecule has 2 unspecified atom stereocenters. The van der Waals surface area contributed by atoms with Crippen LogP contribution >= 0.6 is 0 Å². The lowest BCUT2D eigenvalue weighted by atomic mass is 9.48. The number of imide groups is 2. The molecule has 41 heavy (non-hydrogen) atoms. The maximum Gasteiger partial charge on any atom is 0.338 e. The number of nitrogens with one attached hydrogen (secondary N) is 1. The first-order valence-corrected chi connectivity index (χ1v) is 13.8. The Hall–Kier alpha value is -3.42. The zero-order chi connectivity index (χ0) is 30.2. The van der Waals surface area contributed by atoms with Crippen LogP contribution in [0.5, 0.6) is 0 Å². The Morgan fingerprint density at radius 1 is 0.878 bits per heavy atom. The fourth-order valence-corrected chi connectivity index (χ4v) is 6.63. The van der Waals surface area contributed by atoms with E-state index in [1.807, 2.05) is 0 Å². The van der Waals surface area contributed by atoms with Gasteiger partial charge in [-0.3, -0.25) is 38.6 Å². The van der Waals surface area contributed by atoms with E-state index in [2.05, 4.69) is 5.32 Å². The number of aliphatic carboxylic acids is 1. The van der Waals surface area contributed by atoms with E-state index in [1.54, 1.807) is 32.8 Å². The van der Waals surface area contributed by atoms with Crippen LogP contribution in [0.2, 0.25) is 0 Å². The van der Waals surface area contributed by atoms with Crippen LogP contribution in [0.25, 0.3) is 0 Å². The van der Waals surface area contributed by atoms with Gasteiger partial charge >= 0.3 is 5.97 Å². The van der Waals surface area contributed by atoms with Crippen molar-refractivity contribution in [1.82, 2.24) is 20.2 Å². The highest BCUT2D eigenvalue weighted by Crippen LogP contribution is 2.61. The van der Waals surface area contributed by atoms with Gasteiger partial charge in [-0.15, -0.1) is 0 Å². The number of hydroxylamine groups is 2. The average molecular weight is 575 g/mol. The van der Waals surface area contributed by atoms with E-state index in [0.29, 0.717) is 13.1 Å². The smallest absolute Gasteiger partial charge is 0.338 e. The van der Waals surface area contributed by atoms with Gasteiger partial charge in [-0.2, -0.15) is 5.06 Å². The number of carbonyl (C=O) groups excluding carboxylic acids is 5. The van der Waals surface area contributed by atoms with Gasteiger partial charge in [-0.25, -0.2) is 4.79 Å². The van der Waals surface area contributed by atoms with Crippen LogP contribution in [0.1, 0.15) is 53.4 Å². The molecule has 2 atom stereocenters. The van der Waals surface area contributed by atoms with Crippen molar-refractivity contribution in [1.29, 1.82) is 0 Å². The molecule has 2 fully saturated rings. The van der Waals surface area contributed by atoms with Crippen molar-refractivity contribution in [3.8, 4) is 0 Å². The second-order valence-corrected chi connectivity index (χ2v) is 12.2. The van der Waals surface area contributed by atoms with Crippen LogP contribution in [-0.2, 0) is 38.3 Å². The van der Waals surface area contributed by atoms with Crippen molar-refractivity contribution in [2.75, 3.05) is 39.4 Å². The number of carboxylic acid groups (broad SMARTS) is 1. The number of ether oxygens (including phenoxy) is 1. The molecule has 1 aliphatic carbocycles. The number of hydrogen-bond donors (Lipinski definition) is 2. The summed E-state index contributed by atoms with van der Waals surface area (Å²) in [6, 6.07) is 0. The number of hydrogen-bond acceptors (Lipinski definition) is 9. The van der Waals surface area contributed by atoms with E-state index >= 15 is 0 Å². The lowest BCUT2D eigenvalue weighted by Crippen LogP contribution is -2.79. The molecule has 1 saturated carbocycles. The maximum absolute atomic E-state index is 14.3. The molecule has 0 radical (unpaired) electrons. The molecule has 0 aromatic heterocycles. The molecular formula is C28H38N4O9. The number of nitrogens with zero attached hydrogens (tertiary/aromatic N) is 3. The highest BCUT2D eigenvalue weighted by atomic mass is 16.7. The van der Waals surface area contributed by atoms with Gasteiger partial charge in [-0.1, -0.05) is 27.7 Å². The largest absolute Gasteiger partial charge is 0.479 e. The average Bonchev–Trinajstić information content (AvgIpc) is 3.60. The first-order chi connectivity index (χ1) is 19.2. The predicted molar refractivity (Wildman–Crippen MR) is 142 cm³/mol. The fraction of sp³-hybridized carbons (Fsp3) is 0.643.